The highest BCUT2D eigenvalue weighted by molar-refractivity contribution is 7.90. The normalized spacial score (nSPS) is 23.1. The number of hydrogen-bond donors (Lipinski definition) is 4. The molecule has 3 atom stereocenters. The standard InChI is InChI=1S/C21H24F3N5O4S2/c1-11-15(18-27-13-5-3-4-6-14(13)34-18)17(28-19(26-11)25-10-21(22,23)24)29-20(31)8-7-12(16(20)30)9-35(2,32)33/h3-6,12,16,30-31H,7-10H2,1-2H3,(H2,25,26,28,29)/t12-,16-,20-/m1/s1. The van der Waals surface area contributed by atoms with Gasteiger partial charge in [0, 0.05) is 12.2 Å². The number of aliphatic hydroxyl groups excluding tert-OH is 1. The van der Waals surface area contributed by atoms with E-state index in [9.17, 15) is 31.8 Å². The minimum absolute atomic E-state index is 0.00199. The van der Waals surface area contributed by atoms with Crippen LogP contribution >= 0.6 is 11.3 Å². The Morgan fingerprint density at radius 1 is 1.23 bits per heavy atom. The molecule has 0 radical (unpaired) electrons. The molecule has 35 heavy (non-hydrogen) atoms. The van der Waals surface area contributed by atoms with Crippen LogP contribution in [0.4, 0.5) is 24.9 Å². The van der Waals surface area contributed by atoms with Crippen LogP contribution in [-0.2, 0) is 9.84 Å². The third-order valence-corrected chi connectivity index (χ3v) is 7.82. The first-order valence-corrected chi connectivity index (χ1v) is 13.5. The van der Waals surface area contributed by atoms with Gasteiger partial charge in [-0.25, -0.2) is 18.4 Å². The molecule has 9 nitrogen and oxygen atoms in total. The van der Waals surface area contributed by atoms with Gasteiger partial charge in [-0.2, -0.15) is 18.2 Å². The lowest BCUT2D eigenvalue weighted by atomic mass is 10.0. The van der Waals surface area contributed by atoms with Crippen molar-refractivity contribution >= 4 is 43.2 Å². The van der Waals surface area contributed by atoms with Crippen LogP contribution in [0, 0.1) is 12.8 Å². The molecule has 0 spiro atoms. The molecule has 1 saturated carbocycles. The van der Waals surface area contributed by atoms with Crippen LogP contribution in [-0.4, -0.2) is 70.1 Å². The highest BCUT2D eigenvalue weighted by Gasteiger charge is 2.48. The van der Waals surface area contributed by atoms with Crippen molar-refractivity contribution < 1.29 is 31.8 Å². The molecule has 1 aliphatic carbocycles. The van der Waals surface area contributed by atoms with Crippen LogP contribution in [0.1, 0.15) is 18.5 Å². The Kier molecular flexibility index (Phi) is 6.68. The number of nitrogens with one attached hydrogen (secondary N) is 2. The fraction of sp³-hybridized carbons (Fsp3) is 0.476. The van der Waals surface area contributed by atoms with Crippen molar-refractivity contribution in [2.45, 2.75) is 37.8 Å². The van der Waals surface area contributed by atoms with Crippen molar-refractivity contribution in [2.75, 3.05) is 29.2 Å². The topological polar surface area (TPSA) is 137 Å². The number of anilines is 2. The molecule has 2 heterocycles. The minimum atomic E-state index is -4.50. The van der Waals surface area contributed by atoms with Gasteiger partial charge < -0.3 is 20.8 Å². The van der Waals surface area contributed by atoms with Gasteiger partial charge >= 0.3 is 6.18 Å². The molecule has 14 heteroatoms. The van der Waals surface area contributed by atoms with Crippen LogP contribution in [0.3, 0.4) is 0 Å². The van der Waals surface area contributed by atoms with Crippen LogP contribution in [0.25, 0.3) is 20.8 Å². The van der Waals surface area contributed by atoms with Gasteiger partial charge in [-0.1, -0.05) is 12.1 Å². The lowest BCUT2D eigenvalue weighted by molar-refractivity contribution is -0.115. The van der Waals surface area contributed by atoms with Crippen molar-refractivity contribution in [3.8, 4) is 10.6 Å². The maximum atomic E-state index is 12.8. The molecule has 0 amide bonds. The zero-order valence-corrected chi connectivity index (χ0v) is 20.4. The fourth-order valence-electron chi connectivity index (χ4n) is 4.16. The van der Waals surface area contributed by atoms with Crippen LogP contribution in [0.2, 0.25) is 0 Å². The van der Waals surface area contributed by atoms with E-state index in [0.717, 1.165) is 11.0 Å². The summed E-state index contributed by atoms with van der Waals surface area (Å²) < 4.78 is 62.6. The molecule has 2 aromatic heterocycles. The maximum Gasteiger partial charge on any atom is 0.405 e. The second kappa shape index (κ2) is 9.15. The predicted molar refractivity (Wildman–Crippen MR) is 127 cm³/mol. The molecular formula is C21H24F3N5O4S2. The second-order valence-electron chi connectivity index (χ2n) is 8.70. The highest BCUT2D eigenvalue weighted by Crippen LogP contribution is 2.41. The first-order valence-electron chi connectivity index (χ1n) is 10.7. The van der Waals surface area contributed by atoms with Gasteiger partial charge in [-0.3, -0.25) is 0 Å². The Labute approximate surface area is 203 Å². The van der Waals surface area contributed by atoms with Gasteiger partial charge in [-0.05, 0) is 31.9 Å². The summed E-state index contributed by atoms with van der Waals surface area (Å²) in [5, 5.41) is 27.3. The smallest absolute Gasteiger partial charge is 0.388 e. The van der Waals surface area contributed by atoms with Gasteiger partial charge in [-0.15, -0.1) is 11.3 Å². The Hall–Kier alpha value is -2.55. The number of aliphatic hydroxyl groups is 2. The van der Waals surface area contributed by atoms with E-state index in [1.807, 2.05) is 24.3 Å². The van der Waals surface area contributed by atoms with Crippen molar-refractivity contribution in [1.29, 1.82) is 0 Å². The first-order chi connectivity index (χ1) is 16.2. The van der Waals surface area contributed by atoms with E-state index < -0.39 is 40.3 Å². The quantitative estimate of drug-likeness (QED) is 0.339. The van der Waals surface area contributed by atoms with E-state index in [-0.39, 0.29) is 30.4 Å². The number of fused-ring (bicyclic) bond motifs is 1. The molecular weight excluding hydrogens is 507 g/mol. The fourth-order valence-corrected chi connectivity index (χ4v) is 6.35. The molecule has 0 unspecified atom stereocenters. The average Bonchev–Trinajstić information content (AvgIpc) is 3.27. The molecule has 1 aromatic carbocycles. The van der Waals surface area contributed by atoms with E-state index in [1.165, 1.54) is 11.3 Å². The zero-order valence-electron chi connectivity index (χ0n) is 18.8. The Morgan fingerprint density at radius 2 is 1.94 bits per heavy atom. The van der Waals surface area contributed by atoms with Gasteiger partial charge in [0.15, 0.2) is 5.72 Å². The molecule has 190 valence electrons. The zero-order chi connectivity index (χ0) is 25.6. The largest absolute Gasteiger partial charge is 0.405 e. The van der Waals surface area contributed by atoms with E-state index in [4.69, 9.17) is 0 Å². The maximum absolute atomic E-state index is 12.8. The molecule has 1 aliphatic rings. The first kappa shape index (κ1) is 25.5. The van der Waals surface area contributed by atoms with Crippen LogP contribution in [0.5, 0.6) is 0 Å². The Balaban J connectivity index is 1.75. The van der Waals surface area contributed by atoms with E-state index in [1.54, 1.807) is 6.92 Å². The summed E-state index contributed by atoms with van der Waals surface area (Å²) in [7, 11) is -3.41. The second-order valence-corrected chi connectivity index (χ2v) is 11.9. The summed E-state index contributed by atoms with van der Waals surface area (Å²) in [5.74, 6) is -1.39. The number of alkyl halides is 3. The summed E-state index contributed by atoms with van der Waals surface area (Å²) in [5.41, 5.74) is -0.598. The van der Waals surface area contributed by atoms with E-state index in [2.05, 4.69) is 25.6 Å². The molecule has 0 bridgehead atoms. The van der Waals surface area contributed by atoms with Gasteiger partial charge in [0.05, 0.1) is 27.2 Å². The summed E-state index contributed by atoms with van der Waals surface area (Å²) in [4.78, 5) is 12.9. The lowest BCUT2D eigenvalue weighted by Gasteiger charge is -2.31. The molecule has 0 saturated heterocycles. The van der Waals surface area contributed by atoms with Crippen molar-refractivity contribution in [1.82, 2.24) is 15.0 Å². The average molecular weight is 532 g/mol. The lowest BCUT2D eigenvalue weighted by Crippen LogP contribution is -2.48. The summed E-state index contributed by atoms with van der Waals surface area (Å²) in [6.45, 7) is 0.213. The number of benzene rings is 1. The summed E-state index contributed by atoms with van der Waals surface area (Å²) >= 11 is 1.31. The third kappa shape index (κ3) is 5.82. The number of halogens is 3. The molecule has 1 fully saturated rings. The number of sulfone groups is 1. The third-order valence-electron chi connectivity index (χ3n) is 5.73. The number of para-hydroxylation sites is 1. The molecule has 0 aliphatic heterocycles. The van der Waals surface area contributed by atoms with Gasteiger partial charge in [0.25, 0.3) is 0 Å². The summed E-state index contributed by atoms with van der Waals surface area (Å²) in [6.07, 6.45) is -4.70. The van der Waals surface area contributed by atoms with E-state index in [0.29, 0.717) is 21.8 Å². The number of aromatic nitrogens is 3. The number of hydrogen-bond acceptors (Lipinski definition) is 10. The van der Waals surface area contributed by atoms with Crippen LogP contribution in [0.15, 0.2) is 24.3 Å². The predicted octanol–water partition coefficient (Wildman–Crippen LogP) is 2.95. The molecule has 4 N–H and O–H groups in total. The monoisotopic (exact) mass is 531 g/mol. The van der Waals surface area contributed by atoms with Gasteiger partial charge in [0.2, 0.25) is 5.95 Å². The van der Waals surface area contributed by atoms with E-state index >= 15 is 0 Å². The minimum Gasteiger partial charge on any atom is -0.388 e. The Bertz CT molecular complexity index is 1320. The van der Waals surface area contributed by atoms with Gasteiger partial charge in [0.1, 0.15) is 33.3 Å². The summed E-state index contributed by atoms with van der Waals surface area (Å²) in [6, 6.07) is 7.33. The van der Waals surface area contributed by atoms with Crippen molar-refractivity contribution in [2.24, 2.45) is 5.92 Å². The number of nitrogens with zero attached hydrogens (tertiary/aromatic N) is 3. The van der Waals surface area contributed by atoms with Crippen molar-refractivity contribution in [3.05, 3.63) is 30.0 Å². The number of rotatable bonds is 7. The van der Waals surface area contributed by atoms with Crippen molar-refractivity contribution in [3.63, 3.8) is 0 Å². The highest BCUT2D eigenvalue weighted by atomic mass is 32.2. The molecule has 3 aromatic rings. The SMILES string of the molecule is Cc1nc(NCC(F)(F)F)nc(N[C@@]2(O)CC[C@H](CS(C)(=O)=O)[C@H]2O)c1-c1nc2ccccc2s1. The van der Waals surface area contributed by atoms with Crippen LogP contribution < -0.4 is 10.6 Å². The Morgan fingerprint density at radius 3 is 2.60 bits per heavy atom. The number of aryl methyl sites for hydroxylation is 1. The molecule has 4 rings (SSSR count). The number of thiazole rings is 1.